The first-order valence-corrected chi connectivity index (χ1v) is 13.5. The van der Waals surface area contributed by atoms with E-state index in [1.54, 1.807) is 64.6 Å². The van der Waals surface area contributed by atoms with Gasteiger partial charge in [0.15, 0.2) is 0 Å². The number of aromatic nitrogens is 1. The van der Waals surface area contributed by atoms with E-state index in [1.165, 1.54) is 21.9 Å². The second-order valence-electron chi connectivity index (χ2n) is 10.8. The number of likely N-dealkylation sites (N-methyl/N-ethyl adjacent to an activating group) is 2. The van der Waals surface area contributed by atoms with Crippen molar-refractivity contribution in [2.75, 3.05) is 14.1 Å². The normalized spacial score (nSPS) is 28.4. The minimum Gasteiger partial charge on any atom is -0.507 e. The van der Waals surface area contributed by atoms with Crippen molar-refractivity contribution in [2.45, 2.75) is 63.4 Å². The summed E-state index contributed by atoms with van der Waals surface area (Å²) in [5, 5.41) is 27.1. The molecule has 4 amide bonds. The second-order valence-corrected chi connectivity index (χ2v) is 10.8. The predicted molar refractivity (Wildman–Crippen MR) is 146 cm³/mol. The monoisotopic (exact) mass is 551 g/mol. The molecule has 214 valence electrons. The summed E-state index contributed by atoms with van der Waals surface area (Å²) in [5.41, 5.74) is 0.710. The number of aromatic hydroxyl groups is 1. The van der Waals surface area contributed by atoms with E-state index in [2.05, 4.69) is 15.6 Å². The van der Waals surface area contributed by atoms with E-state index in [-0.39, 0.29) is 29.6 Å². The van der Waals surface area contributed by atoms with Crippen molar-refractivity contribution in [1.82, 2.24) is 25.4 Å². The zero-order valence-corrected chi connectivity index (χ0v) is 23.2. The molecule has 11 heteroatoms. The molecule has 2 fully saturated rings. The van der Waals surface area contributed by atoms with Crippen LogP contribution in [-0.4, -0.2) is 93.0 Å². The Hall–Kier alpha value is -3.99. The van der Waals surface area contributed by atoms with Crippen molar-refractivity contribution in [3.63, 3.8) is 0 Å². The number of rotatable bonds is 5. The molecule has 2 aliphatic rings. The molecule has 1 saturated carbocycles. The van der Waals surface area contributed by atoms with Gasteiger partial charge in [-0.1, -0.05) is 25.1 Å². The van der Waals surface area contributed by atoms with E-state index < -0.39 is 53.9 Å². The van der Waals surface area contributed by atoms with E-state index in [9.17, 15) is 29.4 Å². The van der Waals surface area contributed by atoms with Crippen molar-refractivity contribution in [3.8, 4) is 5.75 Å². The molecule has 2 aromatic rings. The van der Waals surface area contributed by atoms with E-state index in [4.69, 9.17) is 0 Å². The van der Waals surface area contributed by atoms with Crippen molar-refractivity contribution >= 4 is 23.6 Å². The van der Waals surface area contributed by atoms with Crippen LogP contribution in [0.15, 0.2) is 48.8 Å². The van der Waals surface area contributed by atoms with Crippen LogP contribution in [0, 0.1) is 11.8 Å². The Morgan fingerprint density at radius 1 is 1.05 bits per heavy atom. The highest BCUT2D eigenvalue weighted by Gasteiger charge is 2.46. The van der Waals surface area contributed by atoms with Gasteiger partial charge in [0.25, 0.3) is 5.91 Å². The quantitative estimate of drug-likeness (QED) is 0.427. The fraction of sp³-hybridized carbons (Fsp3) is 0.483. The first-order valence-electron chi connectivity index (χ1n) is 13.5. The maximum absolute atomic E-state index is 13.8. The Balaban J connectivity index is 1.74. The number of aliphatic hydroxyl groups excluding tert-OH is 1. The molecule has 0 bridgehead atoms. The number of carbonyl (C=O) groups is 4. The van der Waals surface area contributed by atoms with E-state index in [1.807, 2.05) is 0 Å². The second kappa shape index (κ2) is 12.0. The molecule has 1 saturated heterocycles. The van der Waals surface area contributed by atoms with Gasteiger partial charge in [0.1, 0.15) is 17.8 Å². The average Bonchev–Trinajstić information content (AvgIpc) is 3.78. The maximum atomic E-state index is 13.8. The number of hydrogen-bond acceptors (Lipinski definition) is 7. The molecule has 4 N–H and O–H groups in total. The molecule has 1 aromatic carbocycles. The highest BCUT2D eigenvalue weighted by atomic mass is 16.3. The fourth-order valence-corrected chi connectivity index (χ4v) is 5.27. The van der Waals surface area contributed by atoms with Crippen LogP contribution in [0.5, 0.6) is 5.75 Å². The molecule has 6 atom stereocenters. The number of amides is 4. The van der Waals surface area contributed by atoms with Crippen LogP contribution in [0.4, 0.5) is 0 Å². The number of para-hydroxylation sites is 1. The molecule has 11 nitrogen and oxygen atoms in total. The SMILES string of the molecule is C[C@@H]1[C@H](NC(=O)c2ccccc2O)C(=O)N[C@@H](Cc2cccnc2)[C@@H](O)[C@@H](C)C(=O)N(C)C(C2CC2)C(=O)N1C. The number of carbonyl (C=O) groups excluding carboxylic acids is 4. The molecule has 40 heavy (non-hydrogen) atoms. The lowest BCUT2D eigenvalue weighted by atomic mass is 9.90. The van der Waals surface area contributed by atoms with Crippen LogP contribution in [0.3, 0.4) is 0 Å². The summed E-state index contributed by atoms with van der Waals surface area (Å²) < 4.78 is 0. The summed E-state index contributed by atoms with van der Waals surface area (Å²) >= 11 is 0. The molecule has 1 aromatic heterocycles. The zero-order valence-electron chi connectivity index (χ0n) is 23.2. The van der Waals surface area contributed by atoms with Gasteiger partial charge in [0.2, 0.25) is 17.7 Å². The van der Waals surface area contributed by atoms with Gasteiger partial charge in [-0.2, -0.15) is 0 Å². The molecular weight excluding hydrogens is 514 g/mol. The van der Waals surface area contributed by atoms with Crippen molar-refractivity contribution in [2.24, 2.45) is 11.8 Å². The van der Waals surface area contributed by atoms with Crippen LogP contribution in [0.25, 0.3) is 0 Å². The molecule has 0 spiro atoms. The minimum atomic E-state index is -1.30. The number of nitrogens with zero attached hydrogens (tertiary/aromatic N) is 3. The number of phenols is 1. The number of hydrogen-bond donors (Lipinski definition) is 4. The van der Waals surface area contributed by atoms with Crippen molar-refractivity contribution in [3.05, 3.63) is 59.9 Å². The zero-order chi connectivity index (χ0) is 29.1. The summed E-state index contributed by atoms with van der Waals surface area (Å²) in [5.74, 6) is -3.29. The third-order valence-electron chi connectivity index (χ3n) is 8.07. The number of pyridine rings is 1. The van der Waals surface area contributed by atoms with Gasteiger partial charge >= 0.3 is 0 Å². The highest BCUT2D eigenvalue weighted by molar-refractivity contribution is 6.00. The van der Waals surface area contributed by atoms with Gasteiger partial charge in [-0.3, -0.25) is 24.2 Å². The number of phenolic OH excluding ortho intramolecular Hbond substituents is 1. The number of benzene rings is 1. The smallest absolute Gasteiger partial charge is 0.255 e. The Kier molecular flexibility index (Phi) is 8.73. The third kappa shape index (κ3) is 6.09. The molecule has 1 aliphatic carbocycles. The lowest BCUT2D eigenvalue weighted by Crippen LogP contribution is -2.64. The molecule has 1 unspecified atom stereocenters. The fourth-order valence-electron chi connectivity index (χ4n) is 5.27. The molecular formula is C29H37N5O6. The Bertz CT molecular complexity index is 1250. The summed E-state index contributed by atoms with van der Waals surface area (Å²) in [6, 6.07) is 5.76. The van der Waals surface area contributed by atoms with Crippen molar-refractivity contribution in [1.29, 1.82) is 0 Å². The molecule has 0 radical (unpaired) electrons. The first-order chi connectivity index (χ1) is 19.0. The lowest BCUT2D eigenvalue weighted by molar-refractivity contribution is -0.151. The Morgan fingerprint density at radius 2 is 1.75 bits per heavy atom. The van der Waals surface area contributed by atoms with E-state index in [0.717, 1.165) is 18.4 Å². The largest absolute Gasteiger partial charge is 0.507 e. The van der Waals surface area contributed by atoms with E-state index in [0.29, 0.717) is 0 Å². The number of nitrogens with one attached hydrogen (secondary N) is 2. The minimum absolute atomic E-state index is 0.0238. The summed E-state index contributed by atoms with van der Waals surface area (Å²) in [4.78, 5) is 61.2. The maximum Gasteiger partial charge on any atom is 0.255 e. The van der Waals surface area contributed by atoms with Crippen LogP contribution in [0.2, 0.25) is 0 Å². The molecule has 2 heterocycles. The van der Waals surface area contributed by atoms with Crippen LogP contribution in [-0.2, 0) is 20.8 Å². The standard InChI is InChI=1S/C29H37N5O6/c1-16-25(36)21(14-18-8-7-13-30-15-18)31-27(38)23(32-26(37)20-9-5-6-10-22(20)35)17(2)33(3)29(40)24(19-11-12-19)34(4)28(16)39/h5-10,13,15-17,19,21,23-25,35-36H,11-12,14H2,1-4H3,(H,31,38)(H,32,37)/t16-,17-,21+,23+,24?,25+/m1/s1. The van der Waals surface area contributed by atoms with Crippen molar-refractivity contribution < 1.29 is 29.4 Å². The van der Waals surface area contributed by atoms with Crippen LogP contribution in [0.1, 0.15) is 42.6 Å². The summed E-state index contributed by atoms with van der Waals surface area (Å²) in [6.45, 7) is 3.22. The van der Waals surface area contributed by atoms with Crippen LogP contribution < -0.4 is 10.6 Å². The van der Waals surface area contributed by atoms with Gasteiger partial charge in [-0.15, -0.1) is 0 Å². The topological polar surface area (TPSA) is 152 Å². The predicted octanol–water partition coefficient (Wildman–Crippen LogP) is 0.708. The van der Waals surface area contributed by atoms with E-state index >= 15 is 0 Å². The summed E-state index contributed by atoms with van der Waals surface area (Å²) in [7, 11) is 3.12. The average molecular weight is 552 g/mol. The lowest BCUT2D eigenvalue weighted by Gasteiger charge is -2.40. The van der Waals surface area contributed by atoms with Gasteiger partial charge in [0.05, 0.1) is 29.7 Å². The van der Waals surface area contributed by atoms with Gasteiger partial charge in [-0.05, 0) is 55.9 Å². The Morgan fingerprint density at radius 3 is 2.38 bits per heavy atom. The van der Waals surface area contributed by atoms with Gasteiger partial charge in [0, 0.05) is 26.5 Å². The van der Waals surface area contributed by atoms with Gasteiger partial charge in [-0.25, -0.2) is 0 Å². The third-order valence-corrected chi connectivity index (χ3v) is 8.07. The Labute approximate surface area is 233 Å². The summed E-state index contributed by atoms with van der Waals surface area (Å²) in [6.07, 6.45) is 3.67. The van der Waals surface area contributed by atoms with Crippen LogP contribution >= 0.6 is 0 Å². The highest BCUT2D eigenvalue weighted by Crippen LogP contribution is 2.37. The van der Waals surface area contributed by atoms with Gasteiger partial charge < -0.3 is 30.6 Å². The first kappa shape index (κ1) is 29.0. The number of aliphatic hydroxyl groups is 1. The molecule has 4 rings (SSSR count). The molecule has 1 aliphatic heterocycles.